The molecule has 0 aliphatic carbocycles. The third-order valence-electron chi connectivity index (χ3n) is 3.53. The first-order valence-corrected chi connectivity index (χ1v) is 7.64. The van der Waals surface area contributed by atoms with Gasteiger partial charge in [-0.15, -0.1) is 0 Å². The summed E-state index contributed by atoms with van der Waals surface area (Å²) in [6.45, 7) is 7.48. The molecule has 0 radical (unpaired) electrons. The number of ether oxygens (including phenoxy) is 3. The van der Waals surface area contributed by atoms with E-state index in [4.69, 9.17) is 14.2 Å². The number of amides is 1. The monoisotopic (exact) mass is 323 g/mol. The molecule has 0 bridgehead atoms. The SMILES string of the molecule is COc1cc(C2CNCCN2C(=O)OC(C)(C)C)c(OC)cn1. The van der Waals surface area contributed by atoms with Crippen LogP contribution >= 0.6 is 0 Å². The lowest BCUT2D eigenvalue weighted by Crippen LogP contribution is -2.50. The van der Waals surface area contributed by atoms with Crippen molar-refractivity contribution >= 4 is 6.09 Å². The zero-order chi connectivity index (χ0) is 17.0. The first-order chi connectivity index (χ1) is 10.9. The van der Waals surface area contributed by atoms with E-state index in [9.17, 15) is 4.79 Å². The number of rotatable bonds is 3. The van der Waals surface area contributed by atoms with E-state index in [2.05, 4.69) is 10.3 Å². The third kappa shape index (κ3) is 4.25. The molecule has 7 nitrogen and oxygen atoms in total. The van der Waals surface area contributed by atoms with Crippen molar-refractivity contribution in [3.8, 4) is 11.6 Å². The molecule has 128 valence electrons. The van der Waals surface area contributed by atoms with E-state index in [1.165, 1.54) is 0 Å². The van der Waals surface area contributed by atoms with Crippen molar-refractivity contribution in [1.82, 2.24) is 15.2 Å². The zero-order valence-electron chi connectivity index (χ0n) is 14.4. The quantitative estimate of drug-likeness (QED) is 0.917. The van der Waals surface area contributed by atoms with E-state index >= 15 is 0 Å². The molecule has 7 heteroatoms. The highest BCUT2D eigenvalue weighted by Gasteiger charge is 2.33. The first-order valence-electron chi connectivity index (χ1n) is 7.64. The molecule has 1 N–H and O–H groups in total. The molecule has 2 rings (SSSR count). The summed E-state index contributed by atoms with van der Waals surface area (Å²) in [5.74, 6) is 1.10. The molecule has 1 saturated heterocycles. The normalized spacial score (nSPS) is 18.5. The highest BCUT2D eigenvalue weighted by molar-refractivity contribution is 5.69. The summed E-state index contributed by atoms with van der Waals surface area (Å²) in [6.07, 6.45) is 1.28. The number of carbonyl (C=O) groups is 1. The van der Waals surface area contributed by atoms with Crippen molar-refractivity contribution in [2.75, 3.05) is 33.9 Å². The molecule has 1 unspecified atom stereocenters. The van der Waals surface area contributed by atoms with Crippen molar-refractivity contribution < 1.29 is 19.0 Å². The Morgan fingerprint density at radius 2 is 2.09 bits per heavy atom. The minimum absolute atomic E-state index is 0.203. The number of aromatic nitrogens is 1. The van der Waals surface area contributed by atoms with E-state index in [-0.39, 0.29) is 12.1 Å². The van der Waals surface area contributed by atoms with Gasteiger partial charge in [-0.25, -0.2) is 9.78 Å². The molecule has 1 amide bonds. The molecule has 1 fully saturated rings. The Balaban J connectivity index is 2.32. The molecular weight excluding hydrogens is 298 g/mol. The number of piperazine rings is 1. The fraction of sp³-hybridized carbons (Fsp3) is 0.625. The standard InChI is InChI=1S/C16H25N3O4/c1-16(2,3)23-15(20)19-7-6-17-9-12(19)11-8-14(22-5)18-10-13(11)21-4/h8,10,12,17H,6-7,9H2,1-5H3. The van der Waals surface area contributed by atoms with E-state index in [1.807, 2.05) is 20.8 Å². The molecule has 0 saturated carbocycles. The van der Waals surface area contributed by atoms with E-state index < -0.39 is 5.60 Å². The predicted octanol–water partition coefficient (Wildman–Crippen LogP) is 1.98. The predicted molar refractivity (Wildman–Crippen MR) is 85.9 cm³/mol. The molecule has 2 heterocycles. The average molecular weight is 323 g/mol. The van der Waals surface area contributed by atoms with Crippen LogP contribution in [0.3, 0.4) is 0 Å². The molecule has 1 aliphatic heterocycles. The van der Waals surface area contributed by atoms with Crippen LogP contribution in [0.25, 0.3) is 0 Å². The Morgan fingerprint density at radius 1 is 1.35 bits per heavy atom. The number of carbonyl (C=O) groups excluding carboxylic acids is 1. The highest BCUT2D eigenvalue weighted by Crippen LogP contribution is 2.32. The fourth-order valence-electron chi connectivity index (χ4n) is 2.50. The molecule has 1 aromatic rings. The Labute approximate surface area is 136 Å². The first kappa shape index (κ1) is 17.3. The van der Waals surface area contributed by atoms with Crippen LogP contribution in [-0.2, 0) is 4.74 Å². The van der Waals surface area contributed by atoms with Crippen molar-refractivity contribution in [2.24, 2.45) is 0 Å². The summed E-state index contributed by atoms with van der Waals surface area (Å²) < 4.78 is 16.1. The molecule has 1 aromatic heterocycles. The van der Waals surface area contributed by atoms with E-state index in [0.29, 0.717) is 24.7 Å². The number of nitrogens with one attached hydrogen (secondary N) is 1. The van der Waals surface area contributed by atoms with E-state index in [1.54, 1.807) is 31.4 Å². The summed E-state index contributed by atoms with van der Waals surface area (Å²) in [5.41, 5.74) is 0.310. The molecule has 1 atom stereocenters. The maximum atomic E-state index is 12.5. The van der Waals surface area contributed by atoms with Crippen LogP contribution in [0.2, 0.25) is 0 Å². The summed E-state index contributed by atoms with van der Waals surface area (Å²) in [7, 11) is 3.14. The number of pyridine rings is 1. The van der Waals surface area contributed by atoms with Crippen molar-refractivity contribution in [3.63, 3.8) is 0 Å². The second-order valence-electron chi connectivity index (χ2n) is 6.36. The van der Waals surface area contributed by atoms with Crippen LogP contribution in [0.5, 0.6) is 11.6 Å². The van der Waals surface area contributed by atoms with Crippen molar-refractivity contribution in [2.45, 2.75) is 32.4 Å². The van der Waals surface area contributed by atoms with Gasteiger partial charge < -0.3 is 19.5 Å². The van der Waals surface area contributed by atoms with Crippen LogP contribution in [-0.4, -0.2) is 55.4 Å². The van der Waals surface area contributed by atoms with Gasteiger partial charge in [0.15, 0.2) is 0 Å². The van der Waals surface area contributed by atoms with Gasteiger partial charge in [0.05, 0.1) is 26.5 Å². The van der Waals surface area contributed by atoms with Gasteiger partial charge >= 0.3 is 6.09 Å². The second kappa shape index (κ2) is 7.04. The summed E-state index contributed by atoms with van der Waals surface area (Å²) >= 11 is 0. The number of nitrogens with zero attached hydrogens (tertiary/aromatic N) is 2. The van der Waals surface area contributed by atoms with Crippen LogP contribution < -0.4 is 14.8 Å². The second-order valence-corrected chi connectivity index (χ2v) is 6.36. The number of hydrogen-bond donors (Lipinski definition) is 1. The van der Waals surface area contributed by atoms with Crippen molar-refractivity contribution in [1.29, 1.82) is 0 Å². The maximum absolute atomic E-state index is 12.5. The third-order valence-corrected chi connectivity index (χ3v) is 3.53. The Kier molecular flexibility index (Phi) is 5.30. The van der Waals surface area contributed by atoms with Crippen molar-refractivity contribution in [3.05, 3.63) is 17.8 Å². The largest absolute Gasteiger partial charge is 0.495 e. The van der Waals surface area contributed by atoms with Gasteiger partial charge in [-0.1, -0.05) is 0 Å². The van der Waals surface area contributed by atoms with Crippen LogP contribution in [0.1, 0.15) is 32.4 Å². The molecule has 23 heavy (non-hydrogen) atoms. The molecule has 0 aromatic carbocycles. The van der Waals surface area contributed by atoms with Gasteiger partial charge in [0.1, 0.15) is 11.4 Å². The summed E-state index contributed by atoms with van der Waals surface area (Å²) in [6, 6.07) is 1.60. The molecule has 1 aliphatic rings. The summed E-state index contributed by atoms with van der Waals surface area (Å²) in [5, 5.41) is 3.30. The summed E-state index contributed by atoms with van der Waals surface area (Å²) in [4.78, 5) is 18.4. The number of methoxy groups -OCH3 is 2. The van der Waals surface area contributed by atoms with Gasteiger partial charge in [0.25, 0.3) is 0 Å². The highest BCUT2D eigenvalue weighted by atomic mass is 16.6. The van der Waals surface area contributed by atoms with Gasteiger partial charge in [-0.3, -0.25) is 4.90 Å². The van der Waals surface area contributed by atoms with Gasteiger partial charge in [0.2, 0.25) is 5.88 Å². The molecule has 0 spiro atoms. The minimum Gasteiger partial charge on any atom is -0.495 e. The minimum atomic E-state index is -0.535. The average Bonchev–Trinajstić information content (AvgIpc) is 2.52. The Hall–Kier alpha value is -2.02. The lowest BCUT2D eigenvalue weighted by Gasteiger charge is -2.37. The topological polar surface area (TPSA) is 72.9 Å². The van der Waals surface area contributed by atoms with Gasteiger partial charge in [-0.2, -0.15) is 0 Å². The van der Waals surface area contributed by atoms with Crippen LogP contribution in [0.4, 0.5) is 4.79 Å². The fourth-order valence-corrected chi connectivity index (χ4v) is 2.50. The Morgan fingerprint density at radius 3 is 2.70 bits per heavy atom. The van der Waals surface area contributed by atoms with Crippen LogP contribution in [0, 0.1) is 0 Å². The Bertz CT molecular complexity index is 557. The number of hydrogen-bond acceptors (Lipinski definition) is 6. The van der Waals surface area contributed by atoms with Gasteiger partial charge in [-0.05, 0) is 20.8 Å². The van der Waals surface area contributed by atoms with Gasteiger partial charge in [0, 0.05) is 31.3 Å². The smallest absolute Gasteiger partial charge is 0.410 e. The van der Waals surface area contributed by atoms with Crippen LogP contribution in [0.15, 0.2) is 12.3 Å². The lowest BCUT2D eigenvalue weighted by atomic mass is 10.0. The maximum Gasteiger partial charge on any atom is 0.410 e. The lowest BCUT2D eigenvalue weighted by molar-refractivity contribution is 0.0115. The zero-order valence-corrected chi connectivity index (χ0v) is 14.4. The molecular formula is C16H25N3O4. The van der Waals surface area contributed by atoms with E-state index in [0.717, 1.165) is 12.1 Å².